The Kier molecular flexibility index (Phi) is 6.71. The van der Waals surface area contributed by atoms with Crippen molar-refractivity contribution in [2.75, 3.05) is 7.11 Å². The minimum absolute atomic E-state index is 0.0291. The van der Waals surface area contributed by atoms with Crippen molar-refractivity contribution in [3.05, 3.63) is 35.4 Å². The maximum atomic E-state index is 12.2. The molecule has 1 aromatic carbocycles. The summed E-state index contributed by atoms with van der Waals surface area (Å²) < 4.78 is 31.1. The van der Waals surface area contributed by atoms with Crippen LogP contribution in [0.5, 0.6) is 0 Å². The van der Waals surface area contributed by atoms with Crippen LogP contribution in [0.15, 0.2) is 24.3 Å². The van der Waals surface area contributed by atoms with Crippen LogP contribution in [0, 0.1) is 5.92 Å². The highest BCUT2D eigenvalue weighted by molar-refractivity contribution is 7.88. The molecule has 1 atom stereocenters. The van der Waals surface area contributed by atoms with Crippen molar-refractivity contribution >= 4 is 22.0 Å². The van der Waals surface area contributed by atoms with Crippen molar-refractivity contribution in [3.8, 4) is 0 Å². The molecule has 0 aliphatic carbocycles. The van der Waals surface area contributed by atoms with E-state index in [-0.39, 0.29) is 17.9 Å². The number of carboxylic acid groups (broad SMARTS) is 1. The molecule has 0 unspecified atom stereocenters. The largest absolute Gasteiger partial charge is 0.480 e. The fourth-order valence-corrected chi connectivity index (χ4v) is 3.39. The Morgan fingerprint density at radius 3 is 2.48 bits per heavy atom. The van der Waals surface area contributed by atoms with E-state index in [9.17, 15) is 18.0 Å². The lowest BCUT2D eigenvalue weighted by Gasteiger charge is -2.16. The molecule has 0 saturated carbocycles. The molecule has 0 radical (unpaired) electrons. The number of aliphatic carboxylic acids is 1. The van der Waals surface area contributed by atoms with Gasteiger partial charge in [0.25, 0.3) is 0 Å². The van der Waals surface area contributed by atoms with E-state index in [2.05, 4.69) is 9.46 Å². The van der Waals surface area contributed by atoms with Crippen LogP contribution in [0.1, 0.15) is 36.2 Å². The van der Waals surface area contributed by atoms with Gasteiger partial charge in [0.15, 0.2) is 0 Å². The molecule has 0 aromatic heterocycles. The predicted molar refractivity (Wildman–Crippen MR) is 84.4 cm³/mol. The fourth-order valence-electron chi connectivity index (χ4n) is 2.05. The van der Waals surface area contributed by atoms with Crippen LogP contribution in [0.4, 0.5) is 0 Å². The van der Waals surface area contributed by atoms with Gasteiger partial charge in [-0.15, -0.1) is 0 Å². The summed E-state index contributed by atoms with van der Waals surface area (Å²) in [6.07, 6.45) is 0.191. The lowest BCUT2D eigenvalue weighted by molar-refractivity contribution is -0.139. The monoisotopic (exact) mass is 343 g/mol. The standard InChI is InChI=1S/C15H21NO6S/c1-10(2)7-13(14(17)18)16-23(20,21)9-11-5-4-6-12(8-11)15(19)22-3/h4-6,8,10,13,16H,7,9H2,1-3H3,(H,17,18)/t13-/m1/s1. The van der Waals surface area contributed by atoms with Crippen LogP contribution in [0.2, 0.25) is 0 Å². The zero-order chi connectivity index (χ0) is 17.6. The molecule has 128 valence electrons. The molecule has 2 N–H and O–H groups in total. The number of sulfonamides is 1. The average Bonchev–Trinajstić information content (AvgIpc) is 2.44. The SMILES string of the molecule is COC(=O)c1cccc(CS(=O)(=O)N[C@H](CC(C)C)C(=O)O)c1. The summed E-state index contributed by atoms with van der Waals surface area (Å²) in [6.45, 7) is 3.62. The first-order chi connectivity index (χ1) is 10.6. The first-order valence-electron chi connectivity index (χ1n) is 7.04. The quantitative estimate of drug-likeness (QED) is 0.690. The Bertz CT molecular complexity index is 668. The molecule has 0 aliphatic rings. The molecule has 0 bridgehead atoms. The first kappa shape index (κ1) is 19.1. The lowest BCUT2D eigenvalue weighted by Crippen LogP contribution is -2.42. The van der Waals surface area contributed by atoms with E-state index < -0.39 is 33.8 Å². The number of nitrogens with one attached hydrogen (secondary N) is 1. The highest BCUT2D eigenvalue weighted by Crippen LogP contribution is 2.12. The number of benzene rings is 1. The van der Waals surface area contributed by atoms with Gasteiger partial charge in [0.2, 0.25) is 10.0 Å². The molecule has 0 amide bonds. The minimum atomic E-state index is -3.86. The third kappa shape index (κ3) is 6.37. The Hall–Kier alpha value is -1.93. The molecule has 0 saturated heterocycles. The third-order valence-corrected chi connectivity index (χ3v) is 4.39. The van der Waals surface area contributed by atoms with E-state index in [4.69, 9.17) is 5.11 Å². The smallest absolute Gasteiger partial charge is 0.337 e. The summed E-state index contributed by atoms with van der Waals surface area (Å²) in [5, 5.41) is 9.11. The molecule has 0 heterocycles. The van der Waals surface area contributed by atoms with Crippen LogP contribution in [0.3, 0.4) is 0 Å². The van der Waals surface area contributed by atoms with Gasteiger partial charge in [-0.25, -0.2) is 17.9 Å². The molecule has 1 rings (SSSR count). The normalized spacial score (nSPS) is 12.9. The molecule has 1 aromatic rings. The predicted octanol–water partition coefficient (Wildman–Crippen LogP) is 1.39. The number of carbonyl (C=O) groups excluding carboxylic acids is 1. The van der Waals surface area contributed by atoms with E-state index in [0.717, 1.165) is 0 Å². The van der Waals surface area contributed by atoms with Gasteiger partial charge in [-0.05, 0) is 30.0 Å². The number of carboxylic acids is 1. The number of hydrogen-bond acceptors (Lipinski definition) is 5. The zero-order valence-corrected chi connectivity index (χ0v) is 14.1. The number of ether oxygens (including phenoxy) is 1. The maximum Gasteiger partial charge on any atom is 0.337 e. The first-order valence-corrected chi connectivity index (χ1v) is 8.70. The second-order valence-corrected chi connectivity index (χ2v) is 7.34. The van der Waals surface area contributed by atoms with Gasteiger partial charge >= 0.3 is 11.9 Å². The highest BCUT2D eigenvalue weighted by Gasteiger charge is 2.25. The highest BCUT2D eigenvalue weighted by atomic mass is 32.2. The van der Waals surface area contributed by atoms with Gasteiger partial charge in [-0.2, -0.15) is 0 Å². The van der Waals surface area contributed by atoms with Crippen LogP contribution >= 0.6 is 0 Å². The second kappa shape index (κ2) is 8.07. The summed E-state index contributed by atoms with van der Waals surface area (Å²) in [7, 11) is -2.62. The van der Waals surface area contributed by atoms with Crippen LogP contribution in [-0.4, -0.2) is 38.6 Å². The van der Waals surface area contributed by atoms with Gasteiger partial charge in [-0.3, -0.25) is 4.79 Å². The number of carbonyl (C=O) groups is 2. The third-order valence-electron chi connectivity index (χ3n) is 3.03. The molecular weight excluding hydrogens is 322 g/mol. The maximum absolute atomic E-state index is 12.2. The molecule has 8 heteroatoms. The number of rotatable bonds is 8. The van der Waals surface area contributed by atoms with E-state index in [0.29, 0.717) is 5.56 Å². The number of hydrogen-bond donors (Lipinski definition) is 2. The van der Waals surface area contributed by atoms with Crippen molar-refractivity contribution in [1.82, 2.24) is 4.72 Å². The summed E-state index contributed by atoms with van der Waals surface area (Å²) in [5.41, 5.74) is 0.603. The van der Waals surface area contributed by atoms with Crippen LogP contribution in [0.25, 0.3) is 0 Å². The fraction of sp³-hybridized carbons (Fsp3) is 0.467. The number of esters is 1. The molecule has 7 nitrogen and oxygen atoms in total. The summed E-state index contributed by atoms with van der Waals surface area (Å²) in [5.74, 6) is -2.17. The molecule has 23 heavy (non-hydrogen) atoms. The Morgan fingerprint density at radius 1 is 1.30 bits per heavy atom. The number of methoxy groups -OCH3 is 1. The van der Waals surface area contributed by atoms with Crippen molar-refractivity contribution in [3.63, 3.8) is 0 Å². The second-order valence-electron chi connectivity index (χ2n) is 5.59. The van der Waals surface area contributed by atoms with Gasteiger partial charge in [0, 0.05) is 0 Å². The molecule has 0 fully saturated rings. The zero-order valence-electron chi connectivity index (χ0n) is 13.3. The summed E-state index contributed by atoms with van der Waals surface area (Å²) in [4.78, 5) is 22.6. The van der Waals surface area contributed by atoms with E-state index >= 15 is 0 Å². The minimum Gasteiger partial charge on any atom is -0.480 e. The Morgan fingerprint density at radius 2 is 1.96 bits per heavy atom. The average molecular weight is 343 g/mol. The summed E-state index contributed by atoms with van der Waals surface area (Å²) >= 11 is 0. The van der Waals surface area contributed by atoms with Crippen molar-refractivity contribution in [2.24, 2.45) is 5.92 Å². The molecule has 0 aliphatic heterocycles. The van der Waals surface area contributed by atoms with E-state index in [1.54, 1.807) is 12.1 Å². The molecular formula is C15H21NO6S. The Balaban J connectivity index is 2.89. The van der Waals surface area contributed by atoms with Gasteiger partial charge in [0.1, 0.15) is 6.04 Å². The van der Waals surface area contributed by atoms with Crippen molar-refractivity contribution < 1.29 is 27.9 Å². The van der Waals surface area contributed by atoms with Crippen molar-refractivity contribution in [2.45, 2.75) is 32.1 Å². The van der Waals surface area contributed by atoms with Crippen LogP contribution in [-0.2, 0) is 25.3 Å². The van der Waals surface area contributed by atoms with Gasteiger partial charge < -0.3 is 9.84 Å². The Labute approximate surface area is 135 Å². The van der Waals surface area contributed by atoms with Crippen molar-refractivity contribution in [1.29, 1.82) is 0 Å². The lowest BCUT2D eigenvalue weighted by atomic mass is 10.1. The van der Waals surface area contributed by atoms with E-state index in [1.165, 1.54) is 19.2 Å². The topological polar surface area (TPSA) is 110 Å². The van der Waals surface area contributed by atoms with Gasteiger partial charge in [0.05, 0.1) is 18.4 Å². The van der Waals surface area contributed by atoms with E-state index in [1.807, 2.05) is 13.8 Å². The summed E-state index contributed by atoms with van der Waals surface area (Å²) in [6, 6.07) is 4.82. The molecule has 0 spiro atoms. The van der Waals surface area contributed by atoms with Crippen LogP contribution < -0.4 is 4.72 Å². The van der Waals surface area contributed by atoms with Gasteiger partial charge in [-0.1, -0.05) is 26.0 Å².